The van der Waals surface area contributed by atoms with E-state index in [4.69, 9.17) is 4.74 Å². The van der Waals surface area contributed by atoms with Crippen LogP contribution in [0.5, 0.6) is 0 Å². The van der Waals surface area contributed by atoms with Gasteiger partial charge in [-0.25, -0.2) is 4.79 Å². The Morgan fingerprint density at radius 2 is 2.13 bits per heavy atom. The zero-order valence-corrected chi connectivity index (χ0v) is 13.8. The monoisotopic (exact) mass is 320 g/mol. The van der Waals surface area contributed by atoms with Crippen molar-refractivity contribution in [3.63, 3.8) is 0 Å². The summed E-state index contributed by atoms with van der Waals surface area (Å²) in [5.74, 6) is -0.200. The van der Waals surface area contributed by atoms with E-state index in [9.17, 15) is 9.59 Å². The first kappa shape index (κ1) is 17.2. The van der Waals surface area contributed by atoms with Gasteiger partial charge in [-0.1, -0.05) is 0 Å². The molecule has 1 atom stereocenters. The maximum absolute atomic E-state index is 12.2. The van der Waals surface area contributed by atoms with Crippen LogP contribution in [0.4, 0.5) is 4.79 Å². The van der Waals surface area contributed by atoms with Crippen molar-refractivity contribution in [2.45, 2.75) is 32.5 Å². The lowest BCUT2D eigenvalue weighted by molar-refractivity contribution is -0.117. The summed E-state index contributed by atoms with van der Waals surface area (Å²) in [5, 5.41) is 5.56. The second-order valence-electron chi connectivity index (χ2n) is 6.30. The minimum absolute atomic E-state index is 0.00906. The normalized spacial score (nSPS) is 20.0. The number of carbonyl (C=O) groups excluding carboxylic acids is 2. The second kappa shape index (κ2) is 7.41. The molecule has 1 fully saturated rings. The number of urea groups is 1. The number of hydrogen-bond acceptors (Lipinski definition) is 4. The smallest absolute Gasteiger partial charge is 0.317 e. The number of carbonyl (C=O) groups is 2. The van der Waals surface area contributed by atoms with Gasteiger partial charge >= 0.3 is 6.03 Å². The molecule has 1 saturated heterocycles. The Hall–Kier alpha value is -2.15. The van der Waals surface area contributed by atoms with E-state index in [2.05, 4.69) is 15.6 Å². The lowest BCUT2D eigenvalue weighted by atomic mass is 10.1. The SMILES string of the molecule is CC1CN(C(=O)NCCNC(=O)c2cccnc2)CC(C)(C)O1. The standard InChI is InChI=1S/C16H24N4O3/c1-12-10-20(11-16(2,3)23-12)15(22)19-8-7-18-14(21)13-5-4-6-17-9-13/h4-6,9,12H,7-8,10-11H2,1-3H3,(H,18,21)(H,19,22). The van der Waals surface area contributed by atoms with Crippen LogP contribution >= 0.6 is 0 Å². The summed E-state index contributed by atoms with van der Waals surface area (Å²) in [6.07, 6.45) is 3.13. The Bertz CT molecular complexity index is 548. The van der Waals surface area contributed by atoms with E-state index in [0.717, 1.165) is 0 Å². The number of aromatic nitrogens is 1. The number of pyridine rings is 1. The van der Waals surface area contributed by atoms with E-state index >= 15 is 0 Å². The van der Waals surface area contributed by atoms with Gasteiger partial charge in [-0.15, -0.1) is 0 Å². The van der Waals surface area contributed by atoms with E-state index in [1.807, 2.05) is 20.8 Å². The first-order valence-corrected chi connectivity index (χ1v) is 7.76. The molecule has 0 radical (unpaired) electrons. The number of nitrogens with one attached hydrogen (secondary N) is 2. The largest absolute Gasteiger partial charge is 0.369 e. The minimum atomic E-state index is -0.344. The van der Waals surface area contributed by atoms with E-state index in [-0.39, 0.29) is 23.6 Å². The fraction of sp³-hybridized carbons (Fsp3) is 0.562. The highest BCUT2D eigenvalue weighted by atomic mass is 16.5. The molecule has 1 aromatic heterocycles. The summed E-state index contributed by atoms with van der Waals surface area (Å²) < 4.78 is 5.78. The fourth-order valence-electron chi connectivity index (χ4n) is 2.66. The lowest BCUT2D eigenvalue weighted by Gasteiger charge is -2.41. The van der Waals surface area contributed by atoms with Crippen LogP contribution in [0, 0.1) is 0 Å². The van der Waals surface area contributed by atoms with Gasteiger partial charge in [0, 0.05) is 32.0 Å². The van der Waals surface area contributed by atoms with Crippen molar-refractivity contribution in [1.82, 2.24) is 20.5 Å². The topological polar surface area (TPSA) is 83.6 Å². The molecule has 2 N–H and O–H groups in total. The summed E-state index contributed by atoms with van der Waals surface area (Å²) in [7, 11) is 0. The third kappa shape index (κ3) is 5.21. The van der Waals surface area contributed by atoms with Crippen molar-refractivity contribution >= 4 is 11.9 Å². The van der Waals surface area contributed by atoms with Crippen LogP contribution in [0.25, 0.3) is 0 Å². The number of hydrogen-bond donors (Lipinski definition) is 2. The highest BCUT2D eigenvalue weighted by Gasteiger charge is 2.33. The predicted octanol–water partition coefficient (Wildman–Crippen LogP) is 1.02. The van der Waals surface area contributed by atoms with Crippen molar-refractivity contribution in [1.29, 1.82) is 0 Å². The van der Waals surface area contributed by atoms with Gasteiger partial charge in [0.05, 0.1) is 23.8 Å². The average molecular weight is 320 g/mol. The average Bonchev–Trinajstić information content (AvgIpc) is 2.50. The van der Waals surface area contributed by atoms with Crippen LogP contribution < -0.4 is 10.6 Å². The van der Waals surface area contributed by atoms with Gasteiger partial charge in [0.2, 0.25) is 0 Å². The lowest BCUT2D eigenvalue weighted by Crippen LogP contribution is -2.56. The third-order valence-corrected chi connectivity index (χ3v) is 3.47. The molecule has 0 aliphatic carbocycles. The summed E-state index contributed by atoms with van der Waals surface area (Å²) in [6, 6.07) is 3.26. The number of morpholine rings is 1. The summed E-state index contributed by atoms with van der Waals surface area (Å²) in [5.41, 5.74) is 0.159. The highest BCUT2D eigenvalue weighted by Crippen LogP contribution is 2.20. The molecule has 1 aromatic rings. The molecular weight excluding hydrogens is 296 g/mol. The first-order chi connectivity index (χ1) is 10.9. The molecule has 2 heterocycles. The van der Waals surface area contributed by atoms with Gasteiger partial charge in [-0.05, 0) is 32.9 Å². The Balaban J connectivity index is 1.72. The van der Waals surface area contributed by atoms with Crippen LogP contribution in [0.3, 0.4) is 0 Å². The van der Waals surface area contributed by atoms with Crippen LogP contribution in [0.15, 0.2) is 24.5 Å². The first-order valence-electron chi connectivity index (χ1n) is 7.76. The fourth-order valence-corrected chi connectivity index (χ4v) is 2.66. The number of ether oxygens (including phenoxy) is 1. The maximum Gasteiger partial charge on any atom is 0.317 e. The molecule has 2 rings (SSSR count). The molecule has 23 heavy (non-hydrogen) atoms. The van der Waals surface area contributed by atoms with Gasteiger partial charge in [-0.3, -0.25) is 9.78 Å². The Morgan fingerprint density at radius 3 is 2.78 bits per heavy atom. The molecule has 1 unspecified atom stereocenters. The number of nitrogens with zero attached hydrogens (tertiary/aromatic N) is 2. The third-order valence-electron chi connectivity index (χ3n) is 3.47. The minimum Gasteiger partial charge on any atom is -0.369 e. The molecule has 7 heteroatoms. The van der Waals surface area contributed by atoms with Gasteiger partial charge in [-0.2, -0.15) is 0 Å². The molecule has 0 aromatic carbocycles. The molecule has 3 amide bonds. The van der Waals surface area contributed by atoms with Crippen molar-refractivity contribution in [3.8, 4) is 0 Å². The predicted molar refractivity (Wildman–Crippen MR) is 86.2 cm³/mol. The molecule has 0 spiro atoms. The van der Waals surface area contributed by atoms with E-state index in [1.165, 1.54) is 6.20 Å². The number of amides is 3. The second-order valence-corrected chi connectivity index (χ2v) is 6.30. The van der Waals surface area contributed by atoms with Crippen molar-refractivity contribution in [3.05, 3.63) is 30.1 Å². The van der Waals surface area contributed by atoms with E-state index in [0.29, 0.717) is 31.7 Å². The Morgan fingerprint density at radius 1 is 1.39 bits per heavy atom. The quantitative estimate of drug-likeness (QED) is 0.811. The summed E-state index contributed by atoms with van der Waals surface area (Å²) in [4.78, 5) is 29.7. The molecular formula is C16H24N4O3. The molecule has 1 aliphatic rings. The zero-order valence-electron chi connectivity index (χ0n) is 13.8. The van der Waals surface area contributed by atoms with Crippen LogP contribution in [0.1, 0.15) is 31.1 Å². The Labute approximate surface area is 136 Å². The van der Waals surface area contributed by atoms with Gasteiger partial charge in [0.25, 0.3) is 5.91 Å². The van der Waals surface area contributed by atoms with Gasteiger partial charge in [0.1, 0.15) is 0 Å². The summed E-state index contributed by atoms with van der Waals surface area (Å²) >= 11 is 0. The molecule has 126 valence electrons. The van der Waals surface area contributed by atoms with Crippen molar-refractivity contribution in [2.24, 2.45) is 0 Å². The van der Waals surface area contributed by atoms with Crippen LogP contribution in [0.2, 0.25) is 0 Å². The summed E-state index contributed by atoms with van der Waals surface area (Å²) in [6.45, 7) is 7.74. The molecule has 1 aliphatic heterocycles. The van der Waals surface area contributed by atoms with Gasteiger partial charge in [0.15, 0.2) is 0 Å². The highest BCUT2D eigenvalue weighted by molar-refractivity contribution is 5.93. The van der Waals surface area contributed by atoms with Crippen LogP contribution in [-0.4, -0.2) is 59.7 Å². The van der Waals surface area contributed by atoms with Crippen molar-refractivity contribution < 1.29 is 14.3 Å². The molecule has 7 nitrogen and oxygen atoms in total. The maximum atomic E-state index is 12.2. The molecule has 0 bridgehead atoms. The molecule has 0 saturated carbocycles. The zero-order chi connectivity index (χ0) is 16.9. The van der Waals surface area contributed by atoms with Gasteiger partial charge < -0.3 is 20.3 Å². The van der Waals surface area contributed by atoms with E-state index < -0.39 is 0 Å². The number of rotatable bonds is 4. The Kier molecular flexibility index (Phi) is 5.54. The van der Waals surface area contributed by atoms with E-state index in [1.54, 1.807) is 23.2 Å². The van der Waals surface area contributed by atoms with Crippen LogP contribution in [-0.2, 0) is 4.74 Å². The van der Waals surface area contributed by atoms with Crippen molar-refractivity contribution in [2.75, 3.05) is 26.2 Å².